The summed E-state index contributed by atoms with van der Waals surface area (Å²) in [6.45, 7) is 0. The molecule has 84 valence electrons. The van der Waals surface area contributed by atoms with Crippen LogP contribution in [0.3, 0.4) is 0 Å². The smallest absolute Gasteiger partial charge is 0.0784 e. The summed E-state index contributed by atoms with van der Waals surface area (Å²) >= 11 is 0. The van der Waals surface area contributed by atoms with Crippen LogP contribution in [0.5, 0.6) is 0 Å². The molecule has 1 aromatic carbocycles. The fourth-order valence-corrected chi connectivity index (χ4v) is 3.08. The summed E-state index contributed by atoms with van der Waals surface area (Å²) in [6.07, 6.45) is 7.64. The summed E-state index contributed by atoms with van der Waals surface area (Å²) in [4.78, 5) is 0. The SMILES string of the molecule is OC(C1=CCCC1)C1Cc2ccccc2C1. The zero-order chi connectivity index (χ0) is 11.0. The predicted molar refractivity (Wildman–Crippen MR) is 65.3 cm³/mol. The highest BCUT2D eigenvalue weighted by Gasteiger charge is 2.29. The highest BCUT2D eigenvalue weighted by molar-refractivity contribution is 5.33. The monoisotopic (exact) mass is 214 g/mol. The topological polar surface area (TPSA) is 20.2 Å². The van der Waals surface area contributed by atoms with Crippen LogP contribution in [-0.2, 0) is 12.8 Å². The first-order valence-electron chi connectivity index (χ1n) is 6.28. The highest BCUT2D eigenvalue weighted by atomic mass is 16.3. The highest BCUT2D eigenvalue weighted by Crippen LogP contribution is 2.33. The summed E-state index contributed by atoms with van der Waals surface area (Å²) in [5, 5.41) is 10.4. The van der Waals surface area contributed by atoms with Crippen LogP contribution in [0.15, 0.2) is 35.9 Å². The maximum atomic E-state index is 10.4. The van der Waals surface area contributed by atoms with E-state index in [0.29, 0.717) is 5.92 Å². The first kappa shape index (κ1) is 10.1. The van der Waals surface area contributed by atoms with Gasteiger partial charge in [-0.25, -0.2) is 0 Å². The van der Waals surface area contributed by atoms with Crippen molar-refractivity contribution in [1.82, 2.24) is 0 Å². The second kappa shape index (κ2) is 4.06. The molecule has 0 fully saturated rings. The van der Waals surface area contributed by atoms with Crippen molar-refractivity contribution in [2.75, 3.05) is 0 Å². The summed E-state index contributed by atoms with van der Waals surface area (Å²) in [5.41, 5.74) is 4.16. The Labute approximate surface area is 96.8 Å². The molecular formula is C15H18O. The molecule has 0 saturated carbocycles. The van der Waals surface area contributed by atoms with Crippen LogP contribution < -0.4 is 0 Å². The fraction of sp³-hybridized carbons (Fsp3) is 0.467. The van der Waals surface area contributed by atoms with Crippen molar-refractivity contribution < 1.29 is 5.11 Å². The van der Waals surface area contributed by atoms with Crippen molar-refractivity contribution >= 4 is 0 Å². The zero-order valence-electron chi connectivity index (χ0n) is 9.52. The lowest BCUT2D eigenvalue weighted by atomic mass is 9.93. The third kappa shape index (κ3) is 1.69. The van der Waals surface area contributed by atoms with Crippen LogP contribution in [0.4, 0.5) is 0 Å². The minimum atomic E-state index is -0.199. The number of hydrogen-bond acceptors (Lipinski definition) is 1. The van der Waals surface area contributed by atoms with Crippen LogP contribution in [-0.4, -0.2) is 11.2 Å². The minimum Gasteiger partial charge on any atom is -0.388 e. The average molecular weight is 214 g/mol. The predicted octanol–water partition coefficient (Wildman–Crippen LogP) is 2.87. The van der Waals surface area contributed by atoms with Crippen molar-refractivity contribution in [3.63, 3.8) is 0 Å². The molecule has 1 nitrogen and oxygen atoms in total. The van der Waals surface area contributed by atoms with E-state index in [0.717, 1.165) is 25.7 Å². The molecule has 0 spiro atoms. The minimum absolute atomic E-state index is 0.199. The Kier molecular flexibility index (Phi) is 2.56. The summed E-state index contributed by atoms with van der Waals surface area (Å²) < 4.78 is 0. The Morgan fingerprint density at radius 3 is 2.38 bits per heavy atom. The van der Waals surface area contributed by atoms with E-state index in [1.165, 1.54) is 23.1 Å². The van der Waals surface area contributed by atoms with Gasteiger partial charge in [-0.15, -0.1) is 0 Å². The molecular weight excluding hydrogens is 196 g/mol. The van der Waals surface area contributed by atoms with E-state index in [1.54, 1.807) is 0 Å². The maximum absolute atomic E-state index is 10.4. The number of hydrogen-bond donors (Lipinski definition) is 1. The van der Waals surface area contributed by atoms with Gasteiger partial charge in [-0.1, -0.05) is 30.3 Å². The second-order valence-corrected chi connectivity index (χ2v) is 5.05. The van der Waals surface area contributed by atoms with Gasteiger partial charge in [0.05, 0.1) is 6.10 Å². The van der Waals surface area contributed by atoms with Gasteiger partial charge in [0.2, 0.25) is 0 Å². The zero-order valence-corrected chi connectivity index (χ0v) is 9.52. The van der Waals surface area contributed by atoms with Crippen molar-refractivity contribution in [2.45, 2.75) is 38.2 Å². The number of fused-ring (bicyclic) bond motifs is 1. The van der Waals surface area contributed by atoms with E-state index in [2.05, 4.69) is 30.3 Å². The van der Waals surface area contributed by atoms with E-state index in [4.69, 9.17) is 0 Å². The molecule has 0 heterocycles. The molecule has 0 saturated heterocycles. The quantitative estimate of drug-likeness (QED) is 0.750. The number of rotatable bonds is 2. The Bertz CT molecular complexity index is 394. The number of aliphatic hydroxyl groups is 1. The van der Waals surface area contributed by atoms with E-state index < -0.39 is 0 Å². The molecule has 0 amide bonds. The lowest BCUT2D eigenvalue weighted by Crippen LogP contribution is -2.22. The third-order valence-corrected chi connectivity index (χ3v) is 3.99. The summed E-state index contributed by atoms with van der Waals surface area (Å²) in [7, 11) is 0. The largest absolute Gasteiger partial charge is 0.388 e. The molecule has 1 N–H and O–H groups in total. The lowest BCUT2D eigenvalue weighted by Gasteiger charge is -2.18. The Morgan fingerprint density at radius 2 is 1.81 bits per heavy atom. The van der Waals surface area contributed by atoms with Gasteiger partial charge in [0.1, 0.15) is 0 Å². The number of aliphatic hydroxyl groups excluding tert-OH is 1. The van der Waals surface area contributed by atoms with Crippen LogP contribution in [0, 0.1) is 5.92 Å². The van der Waals surface area contributed by atoms with Gasteiger partial charge in [0.15, 0.2) is 0 Å². The molecule has 2 aliphatic rings. The van der Waals surface area contributed by atoms with Crippen LogP contribution in [0.1, 0.15) is 30.4 Å². The van der Waals surface area contributed by atoms with E-state index in [9.17, 15) is 5.11 Å². The summed E-state index contributed by atoms with van der Waals surface area (Å²) in [6, 6.07) is 8.60. The fourth-order valence-electron chi connectivity index (χ4n) is 3.08. The van der Waals surface area contributed by atoms with Gasteiger partial charge in [-0.05, 0) is 54.7 Å². The van der Waals surface area contributed by atoms with Crippen molar-refractivity contribution in [2.24, 2.45) is 5.92 Å². The molecule has 2 aliphatic carbocycles. The molecule has 0 aromatic heterocycles. The second-order valence-electron chi connectivity index (χ2n) is 5.05. The first-order valence-corrected chi connectivity index (χ1v) is 6.28. The van der Waals surface area contributed by atoms with Crippen LogP contribution in [0.25, 0.3) is 0 Å². The van der Waals surface area contributed by atoms with E-state index >= 15 is 0 Å². The van der Waals surface area contributed by atoms with E-state index in [-0.39, 0.29) is 6.10 Å². The van der Waals surface area contributed by atoms with Crippen molar-refractivity contribution in [3.05, 3.63) is 47.0 Å². The molecule has 1 unspecified atom stereocenters. The molecule has 0 radical (unpaired) electrons. The van der Waals surface area contributed by atoms with E-state index in [1.807, 2.05) is 0 Å². The van der Waals surface area contributed by atoms with Crippen molar-refractivity contribution in [3.8, 4) is 0 Å². The van der Waals surface area contributed by atoms with Crippen molar-refractivity contribution in [1.29, 1.82) is 0 Å². The first-order chi connectivity index (χ1) is 7.84. The van der Waals surface area contributed by atoms with Gasteiger partial charge < -0.3 is 5.11 Å². The molecule has 3 rings (SSSR count). The lowest BCUT2D eigenvalue weighted by molar-refractivity contribution is 0.144. The van der Waals surface area contributed by atoms with Crippen LogP contribution >= 0.6 is 0 Å². The average Bonchev–Trinajstić information content (AvgIpc) is 2.97. The third-order valence-electron chi connectivity index (χ3n) is 3.99. The van der Waals surface area contributed by atoms with Gasteiger partial charge in [-0.2, -0.15) is 0 Å². The molecule has 1 heteroatoms. The molecule has 1 aromatic rings. The number of allylic oxidation sites excluding steroid dienone is 1. The van der Waals surface area contributed by atoms with Gasteiger partial charge in [0.25, 0.3) is 0 Å². The molecule has 0 aliphatic heterocycles. The Balaban J connectivity index is 1.75. The van der Waals surface area contributed by atoms with Gasteiger partial charge in [-0.3, -0.25) is 0 Å². The molecule has 0 bridgehead atoms. The number of benzene rings is 1. The van der Waals surface area contributed by atoms with Crippen LogP contribution in [0.2, 0.25) is 0 Å². The van der Waals surface area contributed by atoms with Gasteiger partial charge >= 0.3 is 0 Å². The maximum Gasteiger partial charge on any atom is 0.0784 e. The Hall–Kier alpha value is -1.08. The standard InChI is InChI=1S/C15H18O/c16-15(11-5-1-2-6-11)14-9-12-7-3-4-8-13(12)10-14/h3-5,7-8,14-16H,1-2,6,9-10H2. The van der Waals surface area contributed by atoms with Gasteiger partial charge in [0, 0.05) is 0 Å². The molecule has 1 atom stereocenters. The Morgan fingerprint density at radius 1 is 1.12 bits per heavy atom. The summed E-state index contributed by atoms with van der Waals surface area (Å²) in [5.74, 6) is 0.418. The molecule has 16 heavy (non-hydrogen) atoms. The normalized spacial score (nSPS) is 21.9.